The predicted molar refractivity (Wildman–Crippen MR) is 136 cm³/mol. The van der Waals surface area contributed by atoms with E-state index in [1.807, 2.05) is 6.92 Å². The fourth-order valence-corrected chi connectivity index (χ4v) is 4.77. The molecule has 0 saturated carbocycles. The lowest BCUT2D eigenvalue weighted by Gasteiger charge is -2.33. The van der Waals surface area contributed by atoms with Gasteiger partial charge in [-0.15, -0.1) is 0 Å². The van der Waals surface area contributed by atoms with Crippen LogP contribution in [0.15, 0.2) is 42.5 Å². The van der Waals surface area contributed by atoms with Gasteiger partial charge in [-0.3, -0.25) is 9.59 Å². The largest absolute Gasteiger partial charge is 0.354 e. The summed E-state index contributed by atoms with van der Waals surface area (Å²) >= 11 is 12.6. The number of benzene rings is 2. The van der Waals surface area contributed by atoms with Crippen LogP contribution in [0.4, 0.5) is 10.1 Å². The van der Waals surface area contributed by atoms with Crippen LogP contribution in [-0.4, -0.2) is 62.7 Å². The zero-order chi connectivity index (χ0) is 26.3. The van der Waals surface area contributed by atoms with Gasteiger partial charge in [0, 0.05) is 42.8 Å². The van der Waals surface area contributed by atoms with E-state index in [9.17, 15) is 22.4 Å². The van der Waals surface area contributed by atoms with E-state index >= 15 is 0 Å². The number of halogens is 3. The van der Waals surface area contributed by atoms with E-state index < -0.39 is 40.4 Å². The molecule has 0 fully saturated rings. The van der Waals surface area contributed by atoms with Gasteiger partial charge in [-0.1, -0.05) is 48.3 Å². The minimum atomic E-state index is -4.27. The summed E-state index contributed by atoms with van der Waals surface area (Å²) in [6.07, 6.45) is 0.685. The minimum Gasteiger partial charge on any atom is -0.354 e. The monoisotopic (exact) mass is 546 g/mol. The van der Waals surface area contributed by atoms with Gasteiger partial charge < -0.3 is 10.2 Å². The maximum atomic E-state index is 14.6. The Labute approximate surface area is 215 Å². The normalized spacial score (nSPS) is 12.3. The zero-order valence-corrected chi connectivity index (χ0v) is 22.3. The molecule has 1 N–H and O–H groups in total. The molecular formula is C23H29Cl2FN4O4S. The van der Waals surface area contributed by atoms with Crippen LogP contribution in [0.2, 0.25) is 10.0 Å². The molecule has 12 heteroatoms. The van der Waals surface area contributed by atoms with E-state index in [1.165, 1.54) is 44.1 Å². The lowest BCUT2D eigenvalue weighted by molar-refractivity contribution is -0.139. The molecule has 2 rings (SSSR count). The van der Waals surface area contributed by atoms with Gasteiger partial charge in [0.05, 0.1) is 5.69 Å². The first kappa shape index (κ1) is 28.8. The molecule has 2 aromatic carbocycles. The third-order valence-corrected chi connectivity index (χ3v) is 7.76. The number of carbonyl (C=O) groups excluding carboxylic acids is 2. The lowest BCUT2D eigenvalue weighted by Crippen LogP contribution is -2.52. The summed E-state index contributed by atoms with van der Waals surface area (Å²) in [5.41, 5.74) is 0.0978. The van der Waals surface area contributed by atoms with E-state index in [2.05, 4.69) is 5.32 Å². The molecule has 0 heterocycles. The summed E-state index contributed by atoms with van der Waals surface area (Å²) < 4.78 is 42.3. The quantitative estimate of drug-likeness (QED) is 0.465. The number of hydrogen-bond donors (Lipinski definition) is 1. The molecule has 0 aliphatic carbocycles. The molecule has 0 saturated heterocycles. The maximum absolute atomic E-state index is 14.6. The lowest BCUT2D eigenvalue weighted by atomic mass is 10.1. The Balaban J connectivity index is 2.51. The maximum Gasteiger partial charge on any atom is 0.304 e. The van der Waals surface area contributed by atoms with Crippen molar-refractivity contribution in [2.75, 3.05) is 31.5 Å². The van der Waals surface area contributed by atoms with Gasteiger partial charge >= 0.3 is 10.2 Å². The molecule has 0 unspecified atom stereocenters. The zero-order valence-electron chi connectivity index (χ0n) is 20.0. The third kappa shape index (κ3) is 7.07. The first-order valence-electron chi connectivity index (χ1n) is 10.9. The van der Waals surface area contributed by atoms with E-state index in [0.29, 0.717) is 22.8 Å². The molecule has 0 aliphatic heterocycles. The van der Waals surface area contributed by atoms with Gasteiger partial charge in [0.25, 0.3) is 0 Å². The van der Waals surface area contributed by atoms with Crippen molar-refractivity contribution in [1.29, 1.82) is 0 Å². The van der Waals surface area contributed by atoms with E-state index in [1.54, 1.807) is 18.2 Å². The fraction of sp³-hybridized carbons (Fsp3) is 0.391. The average molecular weight is 547 g/mol. The van der Waals surface area contributed by atoms with Crippen molar-refractivity contribution >= 4 is 50.9 Å². The van der Waals surface area contributed by atoms with Gasteiger partial charge in [-0.2, -0.15) is 12.7 Å². The Bertz CT molecular complexity index is 1140. The first-order valence-corrected chi connectivity index (χ1v) is 13.0. The first-order chi connectivity index (χ1) is 16.4. The Hall–Kier alpha value is -2.40. The van der Waals surface area contributed by atoms with Crippen LogP contribution in [0.5, 0.6) is 0 Å². The number of anilines is 1. The number of amides is 2. The van der Waals surface area contributed by atoms with E-state index in [0.717, 1.165) is 10.4 Å². The number of rotatable bonds is 11. The molecule has 0 radical (unpaired) electrons. The summed E-state index contributed by atoms with van der Waals surface area (Å²) in [5.74, 6) is -2.00. The van der Waals surface area contributed by atoms with Crippen molar-refractivity contribution in [3.8, 4) is 0 Å². The molecule has 0 spiro atoms. The molecular weight excluding hydrogens is 518 g/mol. The van der Waals surface area contributed by atoms with Crippen molar-refractivity contribution in [3.05, 3.63) is 63.9 Å². The van der Waals surface area contributed by atoms with Crippen molar-refractivity contribution in [2.24, 2.45) is 0 Å². The summed E-state index contributed by atoms with van der Waals surface area (Å²) in [6.45, 7) is 2.88. The van der Waals surface area contributed by atoms with Crippen LogP contribution in [0, 0.1) is 5.82 Å². The van der Waals surface area contributed by atoms with E-state index in [-0.39, 0.29) is 22.3 Å². The second-order valence-electron chi connectivity index (χ2n) is 7.94. The second-order valence-corrected chi connectivity index (χ2v) is 10.8. The van der Waals surface area contributed by atoms with Crippen molar-refractivity contribution < 1.29 is 22.4 Å². The van der Waals surface area contributed by atoms with Crippen LogP contribution in [-0.2, 0) is 26.3 Å². The molecule has 35 heavy (non-hydrogen) atoms. The van der Waals surface area contributed by atoms with Crippen molar-refractivity contribution in [1.82, 2.24) is 14.5 Å². The Morgan fingerprint density at radius 3 is 2.20 bits per heavy atom. The van der Waals surface area contributed by atoms with Crippen molar-refractivity contribution in [3.63, 3.8) is 0 Å². The van der Waals surface area contributed by atoms with Gasteiger partial charge in [0.1, 0.15) is 18.4 Å². The molecule has 192 valence electrons. The molecule has 2 amide bonds. The fourth-order valence-electron chi connectivity index (χ4n) is 3.19. The van der Waals surface area contributed by atoms with Crippen LogP contribution < -0.4 is 9.62 Å². The highest BCUT2D eigenvalue weighted by molar-refractivity contribution is 7.90. The minimum absolute atomic E-state index is 0.162. The van der Waals surface area contributed by atoms with Gasteiger partial charge in [-0.25, -0.2) is 8.70 Å². The number of carbonyl (C=O) groups is 2. The third-order valence-electron chi connectivity index (χ3n) is 5.25. The molecule has 0 aromatic heterocycles. The highest BCUT2D eigenvalue weighted by Gasteiger charge is 2.34. The van der Waals surface area contributed by atoms with Crippen LogP contribution in [0.3, 0.4) is 0 Å². The smallest absolute Gasteiger partial charge is 0.304 e. The van der Waals surface area contributed by atoms with Gasteiger partial charge in [-0.05, 0) is 37.6 Å². The average Bonchev–Trinajstić information content (AvgIpc) is 2.80. The summed E-state index contributed by atoms with van der Waals surface area (Å²) in [7, 11) is -1.72. The number of hydrogen-bond acceptors (Lipinski definition) is 4. The number of para-hydroxylation sites is 1. The number of nitrogens with zero attached hydrogens (tertiary/aromatic N) is 3. The standard InChI is InChI=1S/C23H29Cl2FN4O4S/c1-5-13-27-23(32)16(2)29(14-17-18(24)9-8-10-19(17)25)22(31)15-30(35(33,34)28(3)4)21-12-7-6-11-20(21)26/h6-12,16H,5,13-15H2,1-4H3,(H,27,32)/t16-/m1/s1. The highest BCUT2D eigenvalue weighted by Crippen LogP contribution is 2.28. The second kappa shape index (κ2) is 12.5. The summed E-state index contributed by atoms with van der Waals surface area (Å²) in [6, 6.07) is 9.06. The molecule has 0 bridgehead atoms. The summed E-state index contributed by atoms with van der Waals surface area (Å²) in [5, 5.41) is 3.29. The van der Waals surface area contributed by atoms with Crippen LogP contribution >= 0.6 is 23.2 Å². The summed E-state index contributed by atoms with van der Waals surface area (Å²) in [4.78, 5) is 27.5. The number of nitrogens with one attached hydrogen (secondary N) is 1. The highest BCUT2D eigenvalue weighted by atomic mass is 35.5. The topological polar surface area (TPSA) is 90.0 Å². The molecule has 0 aliphatic rings. The Morgan fingerprint density at radius 2 is 1.66 bits per heavy atom. The SMILES string of the molecule is CCCNC(=O)[C@@H](C)N(Cc1c(Cl)cccc1Cl)C(=O)CN(c1ccccc1F)S(=O)(=O)N(C)C. The van der Waals surface area contributed by atoms with Crippen LogP contribution in [0.25, 0.3) is 0 Å². The van der Waals surface area contributed by atoms with Gasteiger partial charge in [0.2, 0.25) is 11.8 Å². The Kier molecular flexibility index (Phi) is 10.3. The Morgan fingerprint density at radius 1 is 1.06 bits per heavy atom. The molecule has 1 atom stereocenters. The molecule has 8 nitrogen and oxygen atoms in total. The van der Waals surface area contributed by atoms with E-state index in [4.69, 9.17) is 23.2 Å². The van der Waals surface area contributed by atoms with Crippen molar-refractivity contribution in [2.45, 2.75) is 32.9 Å². The molecule has 2 aromatic rings. The van der Waals surface area contributed by atoms with Gasteiger partial charge in [0.15, 0.2) is 0 Å². The predicted octanol–water partition coefficient (Wildman–Crippen LogP) is 3.69. The van der Waals surface area contributed by atoms with Crippen LogP contribution in [0.1, 0.15) is 25.8 Å².